The van der Waals surface area contributed by atoms with Crippen LogP contribution < -0.4 is 5.32 Å². The van der Waals surface area contributed by atoms with Gasteiger partial charge in [-0.2, -0.15) is 0 Å². The third-order valence-corrected chi connectivity index (χ3v) is 6.27. The maximum absolute atomic E-state index is 12.3. The highest BCUT2D eigenvalue weighted by Crippen LogP contribution is 2.24. The normalized spacial score (nSPS) is 23.7. The first kappa shape index (κ1) is 15.8. The number of halogens is 1. The molecule has 0 bridgehead atoms. The van der Waals surface area contributed by atoms with Crippen LogP contribution in [-0.2, 0) is 9.84 Å². The molecule has 5 heteroatoms. The van der Waals surface area contributed by atoms with Crippen molar-refractivity contribution in [3.63, 3.8) is 0 Å². The monoisotopic (exact) mass is 315 g/mol. The number of sulfone groups is 1. The Morgan fingerprint density at radius 3 is 2.65 bits per heavy atom. The summed E-state index contributed by atoms with van der Waals surface area (Å²) in [5.41, 5.74) is 0. The summed E-state index contributed by atoms with van der Waals surface area (Å²) in [4.78, 5) is 0.236. The lowest BCUT2D eigenvalue weighted by molar-refractivity contribution is 0.285. The first-order chi connectivity index (χ1) is 9.50. The maximum Gasteiger partial charge on any atom is 0.181 e. The molecule has 20 heavy (non-hydrogen) atoms. The van der Waals surface area contributed by atoms with Gasteiger partial charge in [-0.1, -0.05) is 43.5 Å². The van der Waals surface area contributed by atoms with E-state index in [1.807, 2.05) is 0 Å². The van der Waals surface area contributed by atoms with E-state index in [9.17, 15) is 8.42 Å². The van der Waals surface area contributed by atoms with Crippen LogP contribution in [0.5, 0.6) is 0 Å². The third-order valence-electron chi connectivity index (χ3n) is 4.06. The fraction of sp³-hybridized carbons (Fsp3) is 0.600. The zero-order chi connectivity index (χ0) is 14.6. The second-order valence-electron chi connectivity index (χ2n) is 5.57. The Kier molecular flexibility index (Phi) is 5.47. The molecule has 1 N–H and O–H groups in total. The second kappa shape index (κ2) is 6.92. The number of rotatable bonds is 5. The van der Waals surface area contributed by atoms with Crippen molar-refractivity contribution >= 4 is 21.4 Å². The quantitative estimate of drug-likeness (QED) is 0.907. The van der Waals surface area contributed by atoms with E-state index in [-0.39, 0.29) is 10.6 Å². The highest BCUT2D eigenvalue weighted by Gasteiger charge is 2.22. The van der Waals surface area contributed by atoms with Crippen LogP contribution in [-0.4, -0.2) is 26.8 Å². The van der Waals surface area contributed by atoms with Gasteiger partial charge < -0.3 is 5.32 Å². The van der Waals surface area contributed by atoms with E-state index in [4.69, 9.17) is 11.6 Å². The summed E-state index contributed by atoms with van der Waals surface area (Å²) < 4.78 is 24.5. The lowest BCUT2D eigenvalue weighted by Crippen LogP contribution is -2.39. The molecule has 1 saturated carbocycles. The highest BCUT2D eigenvalue weighted by molar-refractivity contribution is 7.91. The molecule has 2 rings (SSSR count). The van der Waals surface area contributed by atoms with E-state index >= 15 is 0 Å². The van der Waals surface area contributed by atoms with Crippen LogP contribution in [0.1, 0.15) is 32.6 Å². The number of hydrogen-bond donors (Lipinski definition) is 1. The summed E-state index contributed by atoms with van der Waals surface area (Å²) >= 11 is 5.96. The summed E-state index contributed by atoms with van der Waals surface area (Å²) in [5, 5.41) is 3.70. The Morgan fingerprint density at radius 2 is 1.95 bits per heavy atom. The average molecular weight is 316 g/mol. The Bertz CT molecular complexity index is 545. The molecular weight excluding hydrogens is 294 g/mol. The molecule has 0 radical (unpaired) electrons. The van der Waals surface area contributed by atoms with Gasteiger partial charge in [-0.15, -0.1) is 0 Å². The molecule has 1 aliphatic rings. The molecule has 1 aromatic rings. The first-order valence-electron chi connectivity index (χ1n) is 7.21. The van der Waals surface area contributed by atoms with Crippen LogP contribution in [0.4, 0.5) is 0 Å². The van der Waals surface area contributed by atoms with E-state index in [0.29, 0.717) is 23.5 Å². The van der Waals surface area contributed by atoms with Gasteiger partial charge >= 0.3 is 0 Å². The topological polar surface area (TPSA) is 46.2 Å². The molecule has 1 aliphatic carbocycles. The van der Waals surface area contributed by atoms with Gasteiger partial charge in [0.15, 0.2) is 9.84 Å². The van der Waals surface area contributed by atoms with E-state index in [0.717, 1.165) is 6.42 Å². The van der Waals surface area contributed by atoms with Gasteiger partial charge in [0.2, 0.25) is 0 Å². The van der Waals surface area contributed by atoms with Crippen LogP contribution in [0.15, 0.2) is 29.2 Å². The molecule has 0 aliphatic heterocycles. The summed E-state index contributed by atoms with van der Waals surface area (Å²) in [6, 6.07) is 7.08. The zero-order valence-electron chi connectivity index (χ0n) is 11.8. The predicted molar refractivity (Wildman–Crippen MR) is 82.9 cm³/mol. The molecule has 2 unspecified atom stereocenters. The largest absolute Gasteiger partial charge is 0.313 e. The van der Waals surface area contributed by atoms with Crippen LogP contribution in [0.25, 0.3) is 0 Å². The summed E-state index contributed by atoms with van der Waals surface area (Å²) in [7, 11) is -3.30. The van der Waals surface area contributed by atoms with Gasteiger partial charge in [0.1, 0.15) is 0 Å². The standard InChI is InChI=1S/C15H22ClNO2S/c1-12-6-2-4-8-14(12)17-10-11-20(18,19)15-9-5-3-7-13(15)16/h3,5,7,9,12,14,17H,2,4,6,8,10-11H2,1H3. The molecule has 0 spiro atoms. The molecule has 0 aromatic heterocycles. The smallest absolute Gasteiger partial charge is 0.181 e. The highest BCUT2D eigenvalue weighted by atomic mass is 35.5. The van der Waals surface area contributed by atoms with E-state index in [1.165, 1.54) is 19.3 Å². The fourth-order valence-corrected chi connectivity index (χ4v) is 4.55. The van der Waals surface area contributed by atoms with Gasteiger partial charge in [-0.05, 0) is 30.9 Å². The van der Waals surface area contributed by atoms with Crippen molar-refractivity contribution in [1.82, 2.24) is 5.32 Å². The second-order valence-corrected chi connectivity index (χ2v) is 8.06. The van der Waals surface area contributed by atoms with E-state index in [1.54, 1.807) is 24.3 Å². The van der Waals surface area contributed by atoms with E-state index < -0.39 is 9.84 Å². The summed E-state index contributed by atoms with van der Waals surface area (Å²) in [5.74, 6) is 0.728. The van der Waals surface area contributed by atoms with Crippen LogP contribution in [0.3, 0.4) is 0 Å². The summed E-state index contributed by atoms with van der Waals surface area (Å²) in [6.45, 7) is 2.72. The lowest BCUT2D eigenvalue weighted by atomic mass is 9.86. The average Bonchev–Trinajstić information content (AvgIpc) is 2.41. The lowest BCUT2D eigenvalue weighted by Gasteiger charge is -2.29. The Labute approximate surface area is 126 Å². The molecule has 2 atom stereocenters. The van der Waals surface area contributed by atoms with Gasteiger partial charge in [0.05, 0.1) is 15.7 Å². The van der Waals surface area contributed by atoms with Crippen molar-refractivity contribution in [2.24, 2.45) is 5.92 Å². The van der Waals surface area contributed by atoms with Crippen molar-refractivity contribution in [2.75, 3.05) is 12.3 Å². The Hall–Kier alpha value is -0.580. The third kappa shape index (κ3) is 3.96. The molecule has 3 nitrogen and oxygen atoms in total. The van der Waals surface area contributed by atoms with Crippen molar-refractivity contribution in [3.05, 3.63) is 29.3 Å². The number of benzene rings is 1. The summed E-state index contributed by atoms with van der Waals surface area (Å²) in [6.07, 6.45) is 4.90. The molecule has 112 valence electrons. The SMILES string of the molecule is CC1CCCCC1NCCS(=O)(=O)c1ccccc1Cl. The molecule has 0 heterocycles. The van der Waals surface area contributed by atoms with Crippen molar-refractivity contribution in [2.45, 2.75) is 43.5 Å². The molecule has 0 amide bonds. The molecular formula is C15H22ClNO2S. The molecule has 1 aromatic carbocycles. The van der Waals surface area contributed by atoms with Crippen molar-refractivity contribution < 1.29 is 8.42 Å². The Balaban J connectivity index is 1.91. The minimum Gasteiger partial charge on any atom is -0.313 e. The fourth-order valence-electron chi connectivity index (χ4n) is 2.81. The number of nitrogens with one attached hydrogen (secondary N) is 1. The van der Waals surface area contributed by atoms with Gasteiger partial charge in [0, 0.05) is 12.6 Å². The minimum absolute atomic E-state index is 0.0972. The predicted octanol–water partition coefficient (Wildman–Crippen LogP) is 3.28. The van der Waals surface area contributed by atoms with Crippen LogP contribution in [0.2, 0.25) is 5.02 Å². The van der Waals surface area contributed by atoms with Crippen LogP contribution >= 0.6 is 11.6 Å². The van der Waals surface area contributed by atoms with E-state index in [2.05, 4.69) is 12.2 Å². The van der Waals surface area contributed by atoms with Crippen molar-refractivity contribution in [1.29, 1.82) is 0 Å². The first-order valence-corrected chi connectivity index (χ1v) is 9.24. The van der Waals surface area contributed by atoms with Gasteiger partial charge in [-0.3, -0.25) is 0 Å². The number of hydrogen-bond acceptors (Lipinski definition) is 3. The zero-order valence-corrected chi connectivity index (χ0v) is 13.4. The van der Waals surface area contributed by atoms with Gasteiger partial charge in [0.25, 0.3) is 0 Å². The minimum atomic E-state index is -3.30. The molecule has 1 fully saturated rings. The van der Waals surface area contributed by atoms with Crippen molar-refractivity contribution in [3.8, 4) is 0 Å². The molecule has 0 saturated heterocycles. The van der Waals surface area contributed by atoms with Crippen LogP contribution in [0, 0.1) is 5.92 Å². The Morgan fingerprint density at radius 1 is 1.25 bits per heavy atom. The van der Waals surface area contributed by atoms with Gasteiger partial charge in [-0.25, -0.2) is 8.42 Å². The maximum atomic E-state index is 12.3.